The van der Waals surface area contributed by atoms with E-state index in [1.54, 1.807) is 0 Å². The maximum Gasteiger partial charge on any atom is 0.412 e. The Bertz CT molecular complexity index is 365. The summed E-state index contributed by atoms with van der Waals surface area (Å²) in [6.45, 7) is 2.73. The van der Waals surface area contributed by atoms with Gasteiger partial charge in [-0.25, -0.2) is 4.39 Å². The summed E-state index contributed by atoms with van der Waals surface area (Å²) in [5.41, 5.74) is 0. The van der Waals surface area contributed by atoms with Crippen LogP contribution in [0.5, 0.6) is 0 Å². The van der Waals surface area contributed by atoms with Gasteiger partial charge in [0.05, 0.1) is 19.3 Å². The quantitative estimate of drug-likeness (QED) is 0.678. The van der Waals surface area contributed by atoms with Gasteiger partial charge in [0.25, 0.3) is 0 Å². The molecule has 0 aromatic heterocycles. The van der Waals surface area contributed by atoms with Gasteiger partial charge in [0.1, 0.15) is 0 Å². The van der Waals surface area contributed by atoms with E-state index in [4.69, 9.17) is 9.47 Å². The Morgan fingerprint density at radius 3 is 2.14 bits per heavy atom. The summed E-state index contributed by atoms with van der Waals surface area (Å²) in [5, 5.41) is 0. The van der Waals surface area contributed by atoms with Crippen molar-refractivity contribution in [2.45, 2.75) is 57.9 Å². The van der Waals surface area contributed by atoms with Crippen LogP contribution in [0.15, 0.2) is 11.9 Å². The first-order valence-electron chi connectivity index (χ1n) is 8.07. The van der Waals surface area contributed by atoms with E-state index in [9.17, 15) is 17.6 Å². The standard InChI is InChI=1S/C16H24F4O2/c1-2-3-11-4-6-12(7-5-11)13-9-21-15(22-10-13)14(17)8-16(18,19)20/h8,11-13,15H,2-7,9-10H2,1H3/b14-8-. The molecule has 1 saturated carbocycles. The molecule has 2 aliphatic rings. The first kappa shape index (κ1) is 17.7. The van der Waals surface area contributed by atoms with Crippen LogP contribution in [-0.2, 0) is 9.47 Å². The molecule has 1 saturated heterocycles. The summed E-state index contributed by atoms with van der Waals surface area (Å²) < 4.78 is 60.0. The molecule has 0 aromatic rings. The van der Waals surface area contributed by atoms with Crippen LogP contribution in [0.4, 0.5) is 17.6 Å². The molecule has 0 atom stereocenters. The first-order valence-corrected chi connectivity index (χ1v) is 8.07. The van der Waals surface area contributed by atoms with Crippen LogP contribution in [-0.4, -0.2) is 25.7 Å². The lowest BCUT2D eigenvalue weighted by Crippen LogP contribution is -2.37. The number of hydrogen-bond donors (Lipinski definition) is 0. The highest BCUT2D eigenvalue weighted by atomic mass is 19.4. The number of alkyl halides is 3. The molecule has 0 aromatic carbocycles. The molecule has 2 nitrogen and oxygen atoms in total. The second-order valence-electron chi connectivity index (χ2n) is 6.40. The fraction of sp³-hybridized carbons (Fsp3) is 0.875. The van der Waals surface area contributed by atoms with E-state index in [2.05, 4.69) is 6.92 Å². The summed E-state index contributed by atoms with van der Waals surface area (Å²) in [6.07, 6.45) is 0.480. The zero-order valence-corrected chi connectivity index (χ0v) is 12.9. The van der Waals surface area contributed by atoms with Crippen molar-refractivity contribution in [3.05, 3.63) is 11.9 Å². The predicted octanol–water partition coefficient (Wildman–Crippen LogP) is 5.00. The molecule has 0 radical (unpaired) electrons. The molecule has 1 aliphatic heterocycles. The van der Waals surface area contributed by atoms with E-state index in [0.29, 0.717) is 5.92 Å². The zero-order valence-electron chi connectivity index (χ0n) is 12.9. The molecule has 0 unspecified atom stereocenters. The van der Waals surface area contributed by atoms with E-state index < -0.39 is 24.4 Å². The highest BCUT2D eigenvalue weighted by molar-refractivity contribution is 5.01. The van der Waals surface area contributed by atoms with Crippen LogP contribution in [0.1, 0.15) is 45.4 Å². The van der Waals surface area contributed by atoms with Gasteiger partial charge in [0, 0.05) is 5.92 Å². The predicted molar refractivity (Wildman–Crippen MR) is 74.8 cm³/mol. The SMILES string of the molecule is CCCC1CCC(C2COC(/C(F)=C/C(F)(F)F)OC2)CC1. The van der Waals surface area contributed by atoms with E-state index in [1.165, 1.54) is 25.7 Å². The number of rotatable bonds is 4. The van der Waals surface area contributed by atoms with Crippen LogP contribution in [0.25, 0.3) is 0 Å². The van der Waals surface area contributed by atoms with Gasteiger partial charge in [0.2, 0.25) is 6.29 Å². The molecule has 1 heterocycles. The van der Waals surface area contributed by atoms with Gasteiger partial charge in [-0.05, 0) is 24.7 Å². The molecule has 0 spiro atoms. The smallest absolute Gasteiger partial charge is 0.346 e. The summed E-state index contributed by atoms with van der Waals surface area (Å²) in [7, 11) is 0. The van der Waals surface area contributed by atoms with Crippen molar-refractivity contribution < 1.29 is 27.0 Å². The van der Waals surface area contributed by atoms with E-state index >= 15 is 0 Å². The summed E-state index contributed by atoms with van der Waals surface area (Å²) in [4.78, 5) is 0. The van der Waals surface area contributed by atoms with Crippen molar-refractivity contribution in [3.8, 4) is 0 Å². The molecule has 1 aliphatic carbocycles. The van der Waals surface area contributed by atoms with E-state index in [-0.39, 0.29) is 19.1 Å². The lowest BCUT2D eigenvalue weighted by Gasteiger charge is -2.37. The minimum Gasteiger partial charge on any atom is -0.346 e. The van der Waals surface area contributed by atoms with Crippen LogP contribution >= 0.6 is 0 Å². The summed E-state index contributed by atoms with van der Waals surface area (Å²) in [5.74, 6) is 0.0328. The van der Waals surface area contributed by atoms with Crippen molar-refractivity contribution in [1.82, 2.24) is 0 Å². The zero-order chi connectivity index (χ0) is 16.2. The lowest BCUT2D eigenvalue weighted by atomic mass is 9.75. The molecular formula is C16H24F4O2. The highest BCUT2D eigenvalue weighted by Gasteiger charge is 2.35. The minimum absolute atomic E-state index is 0.164. The van der Waals surface area contributed by atoms with Gasteiger partial charge < -0.3 is 9.47 Å². The molecule has 0 bridgehead atoms. The molecule has 128 valence electrons. The summed E-state index contributed by atoms with van der Waals surface area (Å²) in [6, 6.07) is 0. The van der Waals surface area contributed by atoms with Gasteiger partial charge in [-0.1, -0.05) is 32.6 Å². The Hall–Kier alpha value is -0.620. The Morgan fingerprint density at radius 1 is 1.05 bits per heavy atom. The van der Waals surface area contributed by atoms with Gasteiger partial charge in [0.15, 0.2) is 5.83 Å². The fourth-order valence-corrected chi connectivity index (χ4v) is 3.53. The van der Waals surface area contributed by atoms with Gasteiger partial charge in [-0.2, -0.15) is 13.2 Å². The topological polar surface area (TPSA) is 18.5 Å². The maximum absolute atomic E-state index is 13.4. The van der Waals surface area contributed by atoms with Gasteiger partial charge in [-0.15, -0.1) is 0 Å². The number of hydrogen-bond acceptors (Lipinski definition) is 2. The molecule has 0 N–H and O–H groups in total. The minimum atomic E-state index is -4.69. The first-order chi connectivity index (χ1) is 10.4. The number of ether oxygens (including phenoxy) is 2. The Kier molecular flexibility index (Phi) is 6.26. The van der Waals surface area contributed by atoms with Crippen molar-refractivity contribution in [1.29, 1.82) is 0 Å². The van der Waals surface area contributed by atoms with Crippen molar-refractivity contribution in [2.24, 2.45) is 17.8 Å². The number of halogens is 4. The fourth-order valence-electron chi connectivity index (χ4n) is 3.53. The Labute approximate surface area is 128 Å². The molecule has 0 amide bonds. The van der Waals surface area contributed by atoms with Crippen LogP contribution in [0, 0.1) is 17.8 Å². The maximum atomic E-state index is 13.4. The van der Waals surface area contributed by atoms with E-state index in [0.717, 1.165) is 18.8 Å². The van der Waals surface area contributed by atoms with Crippen LogP contribution < -0.4 is 0 Å². The average Bonchev–Trinajstić information content (AvgIpc) is 2.47. The van der Waals surface area contributed by atoms with Crippen LogP contribution in [0.3, 0.4) is 0 Å². The van der Waals surface area contributed by atoms with Crippen LogP contribution in [0.2, 0.25) is 0 Å². The molecule has 2 rings (SSSR count). The third kappa shape index (κ3) is 5.23. The van der Waals surface area contributed by atoms with Crippen molar-refractivity contribution in [2.75, 3.05) is 13.2 Å². The third-order valence-electron chi connectivity index (χ3n) is 4.71. The van der Waals surface area contributed by atoms with Gasteiger partial charge in [-0.3, -0.25) is 0 Å². The lowest BCUT2D eigenvalue weighted by molar-refractivity contribution is -0.200. The molecule has 22 heavy (non-hydrogen) atoms. The highest BCUT2D eigenvalue weighted by Crippen LogP contribution is 2.37. The Balaban J connectivity index is 1.77. The van der Waals surface area contributed by atoms with Crippen molar-refractivity contribution in [3.63, 3.8) is 0 Å². The second-order valence-corrected chi connectivity index (χ2v) is 6.40. The second kappa shape index (κ2) is 7.77. The third-order valence-corrected chi connectivity index (χ3v) is 4.71. The van der Waals surface area contributed by atoms with Crippen molar-refractivity contribution >= 4 is 0 Å². The number of allylic oxidation sites excluding steroid dienone is 1. The van der Waals surface area contributed by atoms with E-state index in [1.807, 2.05) is 0 Å². The average molecular weight is 324 g/mol. The largest absolute Gasteiger partial charge is 0.412 e. The molecular weight excluding hydrogens is 300 g/mol. The Morgan fingerprint density at radius 2 is 1.64 bits per heavy atom. The summed E-state index contributed by atoms with van der Waals surface area (Å²) >= 11 is 0. The van der Waals surface area contributed by atoms with Gasteiger partial charge >= 0.3 is 6.18 Å². The molecule has 6 heteroatoms. The normalized spacial score (nSPS) is 34.7. The molecule has 2 fully saturated rings. The monoisotopic (exact) mass is 324 g/mol.